The fourth-order valence-corrected chi connectivity index (χ4v) is 1.46. The number of hydrogen-bond donors (Lipinski definition) is 3. The molecule has 1 aromatic carbocycles. The lowest BCUT2D eigenvalue weighted by Gasteiger charge is -2.27. The highest BCUT2D eigenvalue weighted by Gasteiger charge is 2.24. The number of carbonyl (C=O) groups excluding carboxylic acids is 1. The van der Waals surface area contributed by atoms with Crippen LogP contribution in [0.25, 0.3) is 0 Å². The van der Waals surface area contributed by atoms with Crippen molar-refractivity contribution in [2.45, 2.75) is 25.8 Å². The number of aliphatic hydroxyl groups is 1. The zero-order chi connectivity index (χ0) is 13.8. The van der Waals surface area contributed by atoms with E-state index in [1.807, 2.05) is 6.92 Å². The van der Waals surface area contributed by atoms with Crippen molar-refractivity contribution in [1.29, 1.82) is 0 Å². The second-order valence-corrected chi connectivity index (χ2v) is 4.48. The molecule has 1 amide bonds. The van der Waals surface area contributed by atoms with E-state index in [1.54, 1.807) is 25.1 Å². The molecule has 0 heterocycles. The SMILES string of the molecule is CCC(C)(CO)NC(=O)c1ccc(OC)cc1N. The third kappa shape index (κ3) is 3.13. The molecule has 100 valence electrons. The number of nitrogens with one attached hydrogen (secondary N) is 1. The second-order valence-electron chi connectivity index (χ2n) is 4.48. The van der Waals surface area contributed by atoms with Gasteiger partial charge in [-0.2, -0.15) is 0 Å². The first-order valence-corrected chi connectivity index (χ1v) is 5.82. The summed E-state index contributed by atoms with van der Waals surface area (Å²) in [6, 6.07) is 4.88. The number of nitrogen functional groups attached to an aromatic ring is 1. The van der Waals surface area contributed by atoms with Crippen LogP contribution in [0.15, 0.2) is 18.2 Å². The average molecular weight is 252 g/mol. The van der Waals surface area contributed by atoms with Gasteiger partial charge in [-0.15, -0.1) is 0 Å². The molecule has 0 aliphatic heterocycles. The summed E-state index contributed by atoms with van der Waals surface area (Å²) in [5.74, 6) is 0.304. The molecule has 0 radical (unpaired) electrons. The second kappa shape index (κ2) is 5.73. The Balaban J connectivity index is 2.91. The first-order chi connectivity index (χ1) is 8.45. The minimum atomic E-state index is -0.635. The molecular formula is C13H20N2O3. The molecule has 4 N–H and O–H groups in total. The Morgan fingerprint density at radius 3 is 2.67 bits per heavy atom. The zero-order valence-electron chi connectivity index (χ0n) is 11.0. The average Bonchev–Trinajstić information content (AvgIpc) is 2.38. The molecular weight excluding hydrogens is 232 g/mol. The lowest BCUT2D eigenvalue weighted by Crippen LogP contribution is -2.48. The number of ether oxygens (including phenoxy) is 1. The molecule has 0 bridgehead atoms. The molecule has 0 saturated heterocycles. The molecule has 5 heteroatoms. The van der Waals surface area contributed by atoms with Crippen LogP contribution in [-0.4, -0.2) is 30.3 Å². The summed E-state index contributed by atoms with van der Waals surface area (Å²) in [6.45, 7) is 3.56. The first-order valence-electron chi connectivity index (χ1n) is 5.82. The van der Waals surface area contributed by atoms with Crippen LogP contribution >= 0.6 is 0 Å². The van der Waals surface area contributed by atoms with Crippen molar-refractivity contribution < 1.29 is 14.6 Å². The summed E-state index contributed by atoms with van der Waals surface area (Å²) in [5.41, 5.74) is 5.89. The minimum Gasteiger partial charge on any atom is -0.497 e. The van der Waals surface area contributed by atoms with Crippen LogP contribution in [0.1, 0.15) is 30.6 Å². The van der Waals surface area contributed by atoms with Crippen molar-refractivity contribution in [1.82, 2.24) is 5.32 Å². The van der Waals surface area contributed by atoms with Gasteiger partial charge in [-0.1, -0.05) is 6.92 Å². The van der Waals surface area contributed by atoms with Crippen LogP contribution in [0, 0.1) is 0 Å². The van der Waals surface area contributed by atoms with Gasteiger partial charge in [0.15, 0.2) is 0 Å². The Morgan fingerprint density at radius 1 is 1.56 bits per heavy atom. The zero-order valence-corrected chi connectivity index (χ0v) is 11.0. The van der Waals surface area contributed by atoms with Crippen LogP contribution < -0.4 is 15.8 Å². The minimum absolute atomic E-state index is 0.120. The van der Waals surface area contributed by atoms with Crippen molar-refractivity contribution in [2.24, 2.45) is 0 Å². The Labute approximate surface area is 107 Å². The Bertz CT molecular complexity index is 428. The van der Waals surface area contributed by atoms with Crippen molar-refractivity contribution in [3.63, 3.8) is 0 Å². The summed E-state index contributed by atoms with van der Waals surface area (Å²) in [4.78, 5) is 12.1. The maximum Gasteiger partial charge on any atom is 0.253 e. The van der Waals surface area contributed by atoms with Gasteiger partial charge >= 0.3 is 0 Å². The largest absolute Gasteiger partial charge is 0.497 e. The topological polar surface area (TPSA) is 84.6 Å². The molecule has 1 rings (SSSR count). The molecule has 0 saturated carbocycles. The third-order valence-electron chi connectivity index (χ3n) is 3.05. The standard InChI is InChI=1S/C13H20N2O3/c1-4-13(2,8-16)15-12(17)10-6-5-9(18-3)7-11(10)14/h5-7,16H,4,8,14H2,1-3H3,(H,15,17). The first kappa shape index (κ1) is 14.3. The van der Waals surface area contributed by atoms with Crippen molar-refractivity contribution in [3.05, 3.63) is 23.8 Å². The van der Waals surface area contributed by atoms with Crippen molar-refractivity contribution in [3.8, 4) is 5.75 Å². The number of amides is 1. The summed E-state index contributed by atoms with van der Waals surface area (Å²) in [5, 5.41) is 12.0. The van der Waals surface area contributed by atoms with E-state index in [2.05, 4.69) is 5.32 Å². The molecule has 1 atom stereocenters. The van der Waals surface area contributed by atoms with Crippen LogP contribution in [0.3, 0.4) is 0 Å². The predicted molar refractivity (Wildman–Crippen MR) is 70.7 cm³/mol. The number of methoxy groups -OCH3 is 1. The maximum atomic E-state index is 12.1. The van der Waals surface area contributed by atoms with Gasteiger partial charge in [-0.3, -0.25) is 4.79 Å². The number of carbonyl (C=O) groups is 1. The maximum absolute atomic E-state index is 12.1. The molecule has 0 aliphatic carbocycles. The van der Waals surface area contributed by atoms with Crippen LogP contribution in [-0.2, 0) is 0 Å². The van der Waals surface area contributed by atoms with E-state index in [0.717, 1.165) is 0 Å². The van der Waals surface area contributed by atoms with Gasteiger partial charge in [0.1, 0.15) is 5.75 Å². The number of nitrogens with two attached hydrogens (primary N) is 1. The van der Waals surface area contributed by atoms with E-state index < -0.39 is 5.54 Å². The summed E-state index contributed by atoms with van der Waals surface area (Å²) < 4.78 is 5.02. The van der Waals surface area contributed by atoms with Gasteiger partial charge in [-0.05, 0) is 25.5 Å². The fraction of sp³-hybridized carbons (Fsp3) is 0.462. The smallest absolute Gasteiger partial charge is 0.253 e. The number of benzene rings is 1. The quantitative estimate of drug-likeness (QED) is 0.687. The van der Waals surface area contributed by atoms with Crippen molar-refractivity contribution >= 4 is 11.6 Å². The lowest BCUT2D eigenvalue weighted by atomic mass is 9.99. The molecule has 1 unspecified atom stereocenters. The highest BCUT2D eigenvalue weighted by Crippen LogP contribution is 2.20. The summed E-state index contributed by atoms with van der Waals surface area (Å²) >= 11 is 0. The van der Waals surface area contributed by atoms with E-state index in [-0.39, 0.29) is 12.5 Å². The van der Waals surface area contributed by atoms with Gasteiger partial charge in [0.2, 0.25) is 0 Å². The monoisotopic (exact) mass is 252 g/mol. The predicted octanol–water partition coefficient (Wildman–Crippen LogP) is 1.17. The molecule has 5 nitrogen and oxygen atoms in total. The molecule has 0 aromatic heterocycles. The normalized spacial score (nSPS) is 13.8. The van der Waals surface area contributed by atoms with Crippen LogP contribution in [0.5, 0.6) is 5.75 Å². The van der Waals surface area contributed by atoms with E-state index >= 15 is 0 Å². The molecule has 0 aliphatic rings. The van der Waals surface area contributed by atoms with E-state index in [1.165, 1.54) is 7.11 Å². The van der Waals surface area contributed by atoms with Gasteiger partial charge in [0, 0.05) is 11.8 Å². The van der Waals surface area contributed by atoms with Gasteiger partial charge in [-0.25, -0.2) is 0 Å². The van der Waals surface area contributed by atoms with Gasteiger partial charge in [0.05, 0.1) is 24.8 Å². The van der Waals surface area contributed by atoms with E-state index in [9.17, 15) is 9.90 Å². The third-order valence-corrected chi connectivity index (χ3v) is 3.05. The molecule has 0 spiro atoms. The summed E-state index contributed by atoms with van der Waals surface area (Å²) in [7, 11) is 1.54. The van der Waals surface area contributed by atoms with Crippen molar-refractivity contribution in [2.75, 3.05) is 19.5 Å². The van der Waals surface area contributed by atoms with Crippen LogP contribution in [0.4, 0.5) is 5.69 Å². The lowest BCUT2D eigenvalue weighted by molar-refractivity contribution is 0.0848. The Kier molecular flexibility index (Phi) is 4.55. The van der Waals surface area contributed by atoms with Gasteiger partial charge in [0.25, 0.3) is 5.91 Å². The number of aliphatic hydroxyl groups excluding tert-OH is 1. The summed E-state index contributed by atoms with van der Waals surface area (Å²) in [6.07, 6.45) is 0.630. The van der Waals surface area contributed by atoms with E-state index in [0.29, 0.717) is 23.4 Å². The van der Waals surface area contributed by atoms with Gasteiger partial charge < -0.3 is 20.9 Å². The number of hydrogen-bond acceptors (Lipinski definition) is 4. The number of rotatable bonds is 5. The van der Waals surface area contributed by atoms with E-state index in [4.69, 9.17) is 10.5 Å². The molecule has 0 fully saturated rings. The molecule has 18 heavy (non-hydrogen) atoms. The number of anilines is 1. The molecule has 1 aromatic rings. The Morgan fingerprint density at radius 2 is 2.22 bits per heavy atom. The highest BCUT2D eigenvalue weighted by atomic mass is 16.5. The fourth-order valence-electron chi connectivity index (χ4n) is 1.46. The highest BCUT2D eigenvalue weighted by molar-refractivity contribution is 5.99. The Hall–Kier alpha value is -1.75. The van der Waals surface area contributed by atoms with Crippen LogP contribution in [0.2, 0.25) is 0 Å².